The van der Waals surface area contributed by atoms with E-state index in [1.807, 2.05) is 37.3 Å². The third kappa shape index (κ3) is 2.97. The van der Waals surface area contributed by atoms with E-state index in [1.54, 1.807) is 34.0 Å². The Morgan fingerprint density at radius 2 is 2.04 bits per heavy atom. The number of anilines is 1. The van der Waals surface area contributed by atoms with Crippen LogP contribution in [0.15, 0.2) is 55.0 Å². The first-order valence-electron chi connectivity index (χ1n) is 7.75. The van der Waals surface area contributed by atoms with Gasteiger partial charge in [-0.25, -0.2) is 14.6 Å². The molecule has 0 bridgehead atoms. The van der Waals surface area contributed by atoms with Crippen molar-refractivity contribution in [2.24, 2.45) is 0 Å². The molecule has 0 fully saturated rings. The van der Waals surface area contributed by atoms with Crippen LogP contribution in [0.25, 0.3) is 16.9 Å². The molecule has 0 saturated heterocycles. The fraction of sp³-hybridized carbons (Fsp3) is 0.118. The molecule has 0 aliphatic heterocycles. The van der Waals surface area contributed by atoms with Crippen molar-refractivity contribution in [1.82, 2.24) is 29.5 Å². The van der Waals surface area contributed by atoms with Crippen LogP contribution in [0.4, 0.5) is 5.82 Å². The summed E-state index contributed by atoms with van der Waals surface area (Å²) in [6.07, 6.45) is 5.05. The maximum atomic E-state index is 12.5. The van der Waals surface area contributed by atoms with Crippen LogP contribution in [0, 0.1) is 6.92 Å². The zero-order chi connectivity index (χ0) is 17.2. The largest absolute Gasteiger partial charge is 0.309 e. The molecular weight excluding hydrogens is 318 g/mol. The quantitative estimate of drug-likeness (QED) is 0.616. The predicted octanol–water partition coefficient (Wildman–Crippen LogP) is 1.96. The van der Waals surface area contributed by atoms with E-state index in [1.165, 1.54) is 0 Å². The van der Waals surface area contributed by atoms with Crippen LogP contribution in [0.3, 0.4) is 0 Å². The lowest BCUT2D eigenvalue weighted by Crippen LogP contribution is -2.21. The Bertz CT molecular complexity index is 1040. The maximum Gasteiger partial charge on any atom is 0.247 e. The standard InChI is InChI=1S/C17H15N7O/c1-12-9-15(24(22-12)14-6-2-3-7-18-14)21-16(25)11-23-17-13(10-20-23)5-4-8-19-17/h2-10H,11H2,1H3,(H,21,25). The normalized spacial score (nSPS) is 10.9. The molecule has 0 unspecified atom stereocenters. The van der Waals surface area contributed by atoms with E-state index < -0.39 is 0 Å². The summed E-state index contributed by atoms with van der Waals surface area (Å²) < 4.78 is 3.17. The number of carbonyl (C=O) groups is 1. The van der Waals surface area contributed by atoms with Gasteiger partial charge in [0.1, 0.15) is 12.4 Å². The molecule has 0 spiro atoms. The minimum Gasteiger partial charge on any atom is -0.309 e. The maximum absolute atomic E-state index is 12.5. The lowest BCUT2D eigenvalue weighted by Gasteiger charge is -2.08. The van der Waals surface area contributed by atoms with Crippen LogP contribution in [-0.4, -0.2) is 35.4 Å². The van der Waals surface area contributed by atoms with E-state index in [4.69, 9.17) is 0 Å². The van der Waals surface area contributed by atoms with Gasteiger partial charge in [-0.05, 0) is 31.2 Å². The third-order valence-corrected chi connectivity index (χ3v) is 3.66. The van der Waals surface area contributed by atoms with E-state index in [0.29, 0.717) is 17.3 Å². The Morgan fingerprint density at radius 1 is 1.16 bits per heavy atom. The van der Waals surface area contributed by atoms with E-state index in [-0.39, 0.29) is 12.5 Å². The monoisotopic (exact) mass is 333 g/mol. The van der Waals surface area contributed by atoms with E-state index in [0.717, 1.165) is 11.1 Å². The Labute approximate surface area is 143 Å². The number of pyridine rings is 2. The lowest BCUT2D eigenvalue weighted by atomic mass is 10.4. The van der Waals surface area contributed by atoms with Gasteiger partial charge in [-0.1, -0.05) is 6.07 Å². The Balaban J connectivity index is 1.57. The summed E-state index contributed by atoms with van der Waals surface area (Å²) >= 11 is 0. The molecule has 4 rings (SSSR count). The van der Waals surface area contributed by atoms with Gasteiger partial charge in [0, 0.05) is 23.8 Å². The van der Waals surface area contributed by atoms with Crippen LogP contribution >= 0.6 is 0 Å². The average molecular weight is 333 g/mol. The minimum absolute atomic E-state index is 0.0625. The zero-order valence-electron chi connectivity index (χ0n) is 13.5. The van der Waals surface area contributed by atoms with Crippen molar-refractivity contribution in [2.75, 3.05) is 5.32 Å². The number of nitrogens with one attached hydrogen (secondary N) is 1. The average Bonchev–Trinajstić information content (AvgIpc) is 3.19. The molecule has 4 aromatic heterocycles. The first-order chi connectivity index (χ1) is 12.2. The van der Waals surface area contributed by atoms with Crippen molar-refractivity contribution < 1.29 is 4.79 Å². The molecule has 8 heteroatoms. The first-order valence-corrected chi connectivity index (χ1v) is 7.75. The van der Waals surface area contributed by atoms with E-state index in [2.05, 4.69) is 25.5 Å². The number of hydrogen-bond acceptors (Lipinski definition) is 5. The number of aromatic nitrogens is 6. The van der Waals surface area contributed by atoms with Crippen LogP contribution in [0.5, 0.6) is 0 Å². The highest BCUT2D eigenvalue weighted by Gasteiger charge is 2.13. The highest BCUT2D eigenvalue weighted by atomic mass is 16.2. The number of fused-ring (bicyclic) bond motifs is 1. The number of aryl methyl sites for hydroxylation is 1. The molecule has 1 amide bonds. The minimum atomic E-state index is -0.215. The smallest absolute Gasteiger partial charge is 0.247 e. The molecule has 25 heavy (non-hydrogen) atoms. The summed E-state index contributed by atoms with van der Waals surface area (Å²) in [7, 11) is 0. The Hall–Kier alpha value is -3.55. The summed E-state index contributed by atoms with van der Waals surface area (Å²) in [5.74, 6) is 0.982. The van der Waals surface area contributed by atoms with Gasteiger partial charge in [-0.15, -0.1) is 0 Å². The molecule has 0 radical (unpaired) electrons. The van der Waals surface area contributed by atoms with Crippen LogP contribution in [-0.2, 0) is 11.3 Å². The van der Waals surface area contributed by atoms with Gasteiger partial charge >= 0.3 is 0 Å². The van der Waals surface area contributed by atoms with Gasteiger partial charge in [-0.2, -0.15) is 14.9 Å². The number of carbonyl (C=O) groups excluding carboxylic acids is 1. The number of amides is 1. The van der Waals surface area contributed by atoms with Gasteiger partial charge < -0.3 is 5.32 Å². The van der Waals surface area contributed by atoms with Gasteiger partial charge in [0.15, 0.2) is 11.5 Å². The van der Waals surface area contributed by atoms with Crippen molar-refractivity contribution in [1.29, 1.82) is 0 Å². The number of hydrogen-bond donors (Lipinski definition) is 1. The van der Waals surface area contributed by atoms with Crippen molar-refractivity contribution in [3.63, 3.8) is 0 Å². The van der Waals surface area contributed by atoms with Crippen molar-refractivity contribution in [2.45, 2.75) is 13.5 Å². The predicted molar refractivity (Wildman–Crippen MR) is 92.3 cm³/mol. The van der Waals surface area contributed by atoms with Crippen molar-refractivity contribution in [3.8, 4) is 5.82 Å². The highest BCUT2D eigenvalue weighted by molar-refractivity contribution is 5.90. The second-order valence-electron chi connectivity index (χ2n) is 5.54. The molecule has 0 aromatic carbocycles. The van der Waals surface area contributed by atoms with Crippen molar-refractivity contribution in [3.05, 3.63) is 60.7 Å². The number of nitrogens with zero attached hydrogens (tertiary/aromatic N) is 6. The number of rotatable bonds is 4. The van der Waals surface area contributed by atoms with Crippen LogP contribution < -0.4 is 5.32 Å². The third-order valence-electron chi connectivity index (χ3n) is 3.66. The summed E-state index contributed by atoms with van der Waals surface area (Å²) in [6.45, 7) is 1.92. The lowest BCUT2D eigenvalue weighted by molar-refractivity contribution is -0.116. The highest BCUT2D eigenvalue weighted by Crippen LogP contribution is 2.16. The molecule has 0 atom stereocenters. The molecule has 4 heterocycles. The summed E-state index contributed by atoms with van der Waals surface area (Å²) in [5.41, 5.74) is 1.46. The molecule has 0 saturated carbocycles. The molecule has 4 aromatic rings. The molecule has 124 valence electrons. The Morgan fingerprint density at radius 3 is 2.88 bits per heavy atom. The van der Waals surface area contributed by atoms with Crippen molar-refractivity contribution >= 4 is 22.8 Å². The molecule has 8 nitrogen and oxygen atoms in total. The topological polar surface area (TPSA) is 90.5 Å². The van der Waals surface area contributed by atoms with Gasteiger partial charge in [0.25, 0.3) is 0 Å². The van der Waals surface area contributed by atoms with E-state index in [9.17, 15) is 4.79 Å². The summed E-state index contributed by atoms with van der Waals surface area (Å²) in [4.78, 5) is 21.0. The second-order valence-corrected chi connectivity index (χ2v) is 5.54. The first kappa shape index (κ1) is 15.0. The Kier molecular flexibility index (Phi) is 3.70. The second kappa shape index (κ2) is 6.16. The van der Waals surface area contributed by atoms with Crippen LogP contribution in [0.1, 0.15) is 5.69 Å². The summed E-state index contributed by atoms with van der Waals surface area (Å²) in [6, 6.07) is 11.1. The van der Waals surface area contributed by atoms with E-state index >= 15 is 0 Å². The fourth-order valence-corrected chi connectivity index (χ4v) is 2.59. The molecule has 0 aliphatic rings. The van der Waals surface area contributed by atoms with Gasteiger partial charge in [-0.3, -0.25) is 4.79 Å². The fourth-order valence-electron chi connectivity index (χ4n) is 2.59. The zero-order valence-corrected chi connectivity index (χ0v) is 13.5. The SMILES string of the molecule is Cc1cc(NC(=O)Cn2ncc3cccnc32)n(-c2ccccn2)n1. The molecule has 0 aliphatic carbocycles. The van der Waals surface area contributed by atoms with Gasteiger partial charge in [0.05, 0.1) is 11.9 Å². The summed E-state index contributed by atoms with van der Waals surface area (Å²) in [5, 5.41) is 12.4. The van der Waals surface area contributed by atoms with Gasteiger partial charge in [0.2, 0.25) is 5.91 Å². The molecule has 1 N–H and O–H groups in total. The molecular formula is C17H15N7O. The van der Waals surface area contributed by atoms with Crippen LogP contribution in [0.2, 0.25) is 0 Å².